The fourth-order valence-corrected chi connectivity index (χ4v) is 11.7. The summed E-state index contributed by atoms with van der Waals surface area (Å²) in [6, 6.07) is 74.3. The van der Waals surface area contributed by atoms with E-state index < -0.39 is 0 Å². The van der Waals surface area contributed by atoms with E-state index in [-0.39, 0.29) is 33.6 Å². The van der Waals surface area contributed by atoms with Crippen LogP contribution in [0.2, 0.25) is 0 Å². The van der Waals surface area contributed by atoms with Crippen LogP contribution in [0.1, 0.15) is 11.1 Å². The molecule has 10 aromatic carbocycles. The number of nitrogens with zero attached hydrogens (tertiary/aromatic N) is 8. The first-order chi connectivity index (χ1) is 35.6. The molecule has 0 spiro atoms. The summed E-state index contributed by atoms with van der Waals surface area (Å²) in [7, 11) is 0. The summed E-state index contributed by atoms with van der Waals surface area (Å²) in [5.41, 5.74) is 10.1. The van der Waals surface area contributed by atoms with E-state index in [4.69, 9.17) is 6.57 Å². The lowest BCUT2D eigenvalue weighted by atomic mass is 9.89. The molecule has 0 amide bonds. The van der Waals surface area contributed by atoms with Crippen LogP contribution >= 0.6 is 0 Å². The fourth-order valence-electron chi connectivity index (χ4n) is 11.7. The highest BCUT2D eigenvalue weighted by atomic mass is 15.1. The topological polar surface area (TPSA) is 76.0 Å². The molecule has 0 fully saturated rings. The highest BCUT2D eigenvalue weighted by Gasteiger charge is 2.33. The van der Waals surface area contributed by atoms with E-state index in [1.54, 1.807) is 0 Å². The minimum Gasteiger partial charge on any atom is -0.317 e. The average molecular weight is 915 g/mol. The monoisotopic (exact) mass is 914 g/mol. The second-order valence-corrected chi connectivity index (χ2v) is 18.0. The number of aromatic nitrogens is 4. The van der Waals surface area contributed by atoms with E-state index in [1.807, 2.05) is 133 Å². The average Bonchev–Trinajstić information content (AvgIpc) is 4.17. The first kappa shape index (κ1) is 40.4. The van der Waals surface area contributed by atoms with Gasteiger partial charge in [0, 0.05) is 54.3 Å². The van der Waals surface area contributed by atoms with Crippen molar-refractivity contribution in [1.29, 1.82) is 10.5 Å². The van der Waals surface area contributed by atoms with Gasteiger partial charge in [-0.25, -0.2) is 9.69 Å². The lowest BCUT2D eigenvalue weighted by Gasteiger charge is -2.24. The number of rotatable bonds is 5. The molecule has 0 unspecified atom stereocenters. The molecule has 72 heavy (non-hydrogen) atoms. The molecular formula is C64H34N8. The van der Waals surface area contributed by atoms with E-state index in [1.165, 1.54) is 0 Å². The highest BCUT2D eigenvalue weighted by Crippen LogP contribution is 2.53. The molecule has 8 nitrogen and oxygen atoms in total. The third kappa shape index (κ3) is 5.41. The minimum atomic E-state index is 0.128. The Morgan fingerprint density at radius 3 is 0.875 bits per heavy atom. The third-order valence-electron chi connectivity index (χ3n) is 14.5. The van der Waals surface area contributed by atoms with Crippen LogP contribution in [0.5, 0.6) is 0 Å². The molecule has 0 aliphatic rings. The molecule has 0 atom stereocenters. The van der Waals surface area contributed by atoms with Gasteiger partial charge in [-0.2, -0.15) is 10.5 Å². The van der Waals surface area contributed by atoms with Gasteiger partial charge in [-0.3, -0.25) is 0 Å². The zero-order valence-electron chi connectivity index (χ0n) is 38.2. The summed E-state index contributed by atoms with van der Waals surface area (Å²) in [5, 5.41) is 31.9. The van der Waals surface area contributed by atoms with Crippen molar-refractivity contribution < 1.29 is 0 Å². The number of para-hydroxylation sites is 8. The molecule has 0 aliphatic heterocycles. The molecule has 0 saturated heterocycles. The maximum absolute atomic E-state index is 11.9. The van der Waals surface area contributed by atoms with Crippen LogP contribution in [-0.2, 0) is 0 Å². The predicted molar refractivity (Wildman–Crippen MR) is 291 cm³/mol. The van der Waals surface area contributed by atoms with Crippen molar-refractivity contribution in [1.82, 2.24) is 18.3 Å². The molecule has 14 aromatic rings. The Labute approximate surface area is 411 Å². The van der Waals surface area contributed by atoms with E-state index in [9.17, 15) is 17.1 Å². The van der Waals surface area contributed by atoms with Gasteiger partial charge in [-0.05, 0) is 66.2 Å². The lowest BCUT2D eigenvalue weighted by Crippen LogP contribution is -2.09. The second-order valence-electron chi connectivity index (χ2n) is 18.0. The zero-order chi connectivity index (χ0) is 48.2. The van der Waals surface area contributed by atoms with Gasteiger partial charge in [0.15, 0.2) is 5.69 Å². The van der Waals surface area contributed by atoms with Crippen LogP contribution in [0.15, 0.2) is 206 Å². The lowest BCUT2D eigenvalue weighted by molar-refractivity contribution is 1.10. The summed E-state index contributed by atoms with van der Waals surface area (Å²) in [4.78, 5) is 8.85. The van der Waals surface area contributed by atoms with Gasteiger partial charge < -0.3 is 18.3 Å². The Morgan fingerprint density at radius 1 is 0.319 bits per heavy atom. The largest absolute Gasteiger partial charge is 0.317 e. The molecular weight excluding hydrogens is 881 g/mol. The zero-order valence-corrected chi connectivity index (χ0v) is 38.2. The normalized spacial score (nSPS) is 11.6. The van der Waals surface area contributed by atoms with Crippen molar-refractivity contribution in [3.63, 3.8) is 0 Å². The van der Waals surface area contributed by atoms with Gasteiger partial charge in [-0.15, -0.1) is 0 Å². The SMILES string of the molecule is [C-]#[N+]c1cc(-n2c3ccccc3c3ccccc32)c(-n2c3ccccc3c3ccccc32)c([N+]#[C-])c1-c1c(C#N)c(-n2c3ccccc3c3ccccc32)cc(-n2c3ccccc3c3ccccc32)c1C#N. The Morgan fingerprint density at radius 2 is 0.597 bits per heavy atom. The van der Waals surface area contributed by atoms with Crippen molar-refractivity contribution in [3.8, 4) is 46.0 Å². The fraction of sp³-hybridized carbons (Fsp3) is 0. The summed E-state index contributed by atoms with van der Waals surface area (Å²) in [6.45, 7) is 18.7. The number of nitriles is 2. The summed E-state index contributed by atoms with van der Waals surface area (Å²) in [6.07, 6.45) is 0. The van der Waals surface area contributed by atoms with Gasteiger partial charge in [0.25, 0.3) is 0 Å². The van der Waals surface area contributed by atoms with Crippen LogP contribution in [0, 0.1) is 35.8 Å². The maximum Gasteiger partial charge on any atom is 0.210 e. The molecule has 0 aliphatic carbocycles. The number of fused-ring (bicyclic) bond motifs is 12. The molecule has 0 bridgehead atoms. The molecule has 330 valence electrons. The van der Waals surface area contributed by atoms with Crippen LogP contribution < -0.4 is 0 Å². The number of hydrogen-bond acceptors (Lipinski definition) is 2. The van der Waals surface area contributed by atoms with Gasteiger partial charge in [0.2, 0.25) is 5.69 Å². The molecule has 4 aromatic heterocycles. The van der Waals surface area contributed by atoms with Crippen LogP contribution in [0.3, 0.4) is 0 Å². The van der Waals surface area contributed by atoms with Crippen LogP contribution in [0.4, 0.5) is 11.4 Å². The maximum atomic E-state index is 11.9. The van der Waals surface area contributed by atoms with Gasteiger partial charge in [-0.1, -0.05) is 146 Å². The van der Waals surface area contributed by atoms with Gasteiger partial charge in [0.05, 0.1) is 85.5 Å². The van der Waals surface area contributed by atoms with Crippen molar-refractivity contribution >= 4 is 98.6 Å². The molecule has 0 saturated carbocycles. The minimum absolute atomic E-state index is 0.128. The first-order valence-corrected chi connectivity index (χ1v) is 23.5. The number of hydrogen-bond donors (Lipinski definition) is 0. The van der Waals surface area contributed by atoms with Crippen molar-refractivity contribution in [3.05, 3.63) is 240 Å². The highest BCUT2D eigenvalue weighted by molar-refractivity contribution is 6.16. The standard InChI is InChI=1S/C64H34N8/c1-67-49-35-60(71-54-31-15-7-23-43(54)44-24-8-16-32-55(44)71)64(72-56-33-17-9-25-45(56)46-26-10-18-34-57(46)72)63(68-2)62(49)61-47(37-65)58(69-50-27-11-3-19-39(50)40-20-4-12-28-51(40)69)36-59(48(61)38-66)70-52-29-13-5-21-41(52)42-22-6-14-30-53(42)70/h3-36H. The quantitative estimate of drug-likeness (QED) is 0.161. The third-order valence-corrected chi connectivity index (χ3v) is 14.5. The van der Waals surface area contributed by atoms with E-state index >= 15 is 0 Å². The summed E-state index contributed by atoms with van der Waals surface area (Å²) in [5.74, 6) is 0. The smallest absolute Gasteiger partial charge is 0.210 e. The number of benzene rings is 10. The Balaban J connectivity index is 1.24. The van der Waals surface area contributed by atoms with E-state index in [0.29, 0.717) is 22.7 Å². The van der Waals surface area contributed by atoms with Crippen molar-refractivity contribution in [2.75, 3.05) is 0 Å². The van der Waals surface area contributed by atoms with Crippen molar-refractivity contribution in [2.45, 2.75) is 0 Å². The van der Waals surface area contributed by atoms with E-state index in [0.717, 1.165) is 87.2 Å². The Bertz CT molecular complexity index is 4510. The summed E-state index contributed by atoms with van der Waals surface area (Å²) < 4.78 is 8.49. The van der Waals surface area contributed by atoms with E-state index in [2.05, 4.69) is 113 Å². The second kappa shape index (κ2) is 15.4. The Kier molecular flexibility index (Phi) is 8.67. The van der Waals surface area contributed by atoms with Crippen LogP contribution in [0.25, 0.3) is 131 Å². The Hall–Kier alpha value is -10.6. The molecule has 4 heterocycles. The van der Waals surface area contributed by atoms with Crippen LogP contribution in [-0.4, -0.2) is 18.3 Å². The van der Waals surface area contributed by atoms with Crippen molar-refractivity contribution in [2.24, 2.45) is 0 Å². The van der Waals surface area contributed by atoms with Gasteiger partial charge in [0.1, 0.15) is 12.1 Å². The van der Waals surface area contributed by atoms with Gasteiger partial charge >= 0.3 is 0 Å². The molecule has 14 rings (SSSR count). The molecule has 0 radical (unpaired) electrons. The predicted octanol–water partition coefficient (Wildman–Crippen LogP) is 16.6. The molecule has 0 N–H and O–H groups in total. The molecule has 8 heteroatoms. The summed E-state index contributed by atoms with van der Waals surface area (Å²) >= 11 is 0. The first-order valence-electron chi connectivity index (χ1n) is 23.5.